The third-order valence-electron chi connectivity index (χ3n) is 11.9. The number of cyclic esters (lactones) is 1. The Balaban J connectivity index is 1.00. The lowest BCUT2D eigenvalue weighted by Crippen LogP contribution is -2.70. The number of aliphatic hydroxyl groups excluding tert-OH is 4. The topological polar surface area (TPSA) is 207 Å². The average molecular weight is 623 g/mol. The molecule has 3 aliphatic carbocycles. The van der Waals surface area contributed by atoms with E-state index in [2.05, 4.69) is 6.92 Å². The number of carbonyl (C=O) groups excluding carboxylic acids is 3. The van der Waals surface area contributed by atoms with Crippen molar-refractivity contribution in [2.45, 2.75) is 125 Å². The summed E-state index contributed by atoms with van der Waals surface area (Å²) in [5.74, 6) is -1.81. The van der Waals surface area contributed by atoms with Crippen LogP contribution in [0.1, 0.15) is 52.9 Å². The van der Waals surface area contributed by atoms with E-state index in [1.165, 1.54) is 0 Å². The van der Waals surface area contributed by atoms with Gasteiger partial charge in [0.05, 0.1) is 25.6 Å². The van der Waals surface area contributed by atoms with Gasteiger partial charge in [-0.25, -0.2) is 4.79 Å². The number of aliphatic hydroxyl groups is 4. The normalized spacial score (nSPS) is 52.4. The molecular weight excluding hydrogens is 584 g/mol. The molecule has 5 aliphatic heterocycles. The van der Waals surface area contributed by atoms with Crippen molar-refractivity contribution in [2.24, 2.45) is 17.3 Å². The van der Waals surface area contributed by atoms with Crippen molar-refractivity contribution in [2.75, 3.05) is 13.2 Å². The first-order valence-electron chi connectivity index (χ1n) is 15.5. The highest BCUT2D eigenvalue weighted by atomic mass is 16.8. The Morgan fingerprint density at radius 2 is 1.73 bits per heavy atom. The van der Waals surface area contributed by atoms with E-state index >= 15 is 0 Å². The fourth-order valence-electron chi connectivity index (χ4n) is 9.59. The van der Waals surface area contributed by atoms with Crippen LogP contribution in [-0.4, -0.2) is 123 Å². The van der Waals surface area contributed by atoms with Crippen LogP contribution in [0.2, 0.25) is 0 Å². The van der Waals surface area contributed by atoms with Crippen LogP contribution in [0, 0.1) is 17.3 Å². The minimum absolute atomic E-state index is 0.0298. The summed E-state index contributed by atoms with van der Waals surface area (Å²) < 4.78 is 41.6. The quantitative estimate of drug-likeness (QED) is 0.149. The monoisotopic (exact) mass is 622 g/mol. The van der Waals surface area contributed by atoms with Crippen LogP contribution in [0.15, 0.2) is 11.1 Å². The highest BCUT2D eigenvalue weighted by Gasteiger charge is 3.01. The van der Waals surface area contributed by atoms with E-state index in [9.17, 15) is 34.8 Å². The molecule has 5 heterocycles. The molecule has 0 aromatic heterocycles. The van der Waals surface area contributed by atoms with Crippen LogP contribution in [0.25, 0.3) is 0 Å². The highest BCUT2D eigenvalue weighted by Crippen LogP contribution is 2.83. The van der Waals surface area contributed by atoms with E-state index in [0.29, 0.717) is 19.3 Å². The summed E-state index contributed by atoms with van der Waals surface area (Å²) in [7, 11) is 0. The number of fused-ring (bicyclic) bond motifs is 4. The standard InChI is InChI=1S/C30H38O14/c1-11(2)28-22(43-28)23-30(44-23)27(3)7-6-12-13(10-38-24(12)37)14(27)8-16-29(30,42-16)26(28)41-18(33)5-4-17(32)40-25-21(36)20(35)19(34)15(9-31)39-25/h11,14-16,19-23,25-26,31,34-36H,4-10H2,1-3H3/t14-,15?,16-,19-,20-,21?,22-,23-,25-,26+,27-,28-,29+,30+/m0/s1. The Labute approximate surface area is 252 Å². The predicted molar refractivity (Wildman–Crippen MR) is 140 cm³/mol. The minimum atomic E-state index is -1.75. The molecule has 2 saturated carbocycles. The number of carbonyl (C=O) groups is 3. The summed E-state index contributed by atoms with van der Waals surface area (Å²) >= 11 is 0. The van der Waals surface area contributed by atoms with Gasteiger partial charge in [-0.05, 0) is 36.7 Å². The molecule has 2 unspecified atom stereocenters. The Morgan fingerprint density at radius 1 is 1.00 bits per heavy atom. The largest absolute Gasteiger partial charge is 0.458 e. The second kappa shape index (κ2) is 9.22. The zero-order chi connectivity index (χ0) is 31.1. The molecule has 0 aromatic carbocycles. The van der Waals surface area contributed by atoms with Crippen molar-refractivity contribution in [1.82, 2.24) is 0 Å². The highest BCUT2D eigenvalue weighted by molar-refractivity contribution is 5.92. The van der Waals surface area contributed by atoms with Gasteiger partial charge in [-0.3, -0.25) is 9.59 Å². The molecule has 14 heteroatoms. The molecule has 0 aromatic rings. The van der Waals surface area contributed by atoms with E-state index in [1.807, 2.05) is 13.8 Å². The maximum absolute atomic E-state index is 13.4. The summed E-state index contributed by atoms with van der Waals surface area (Å²) in [4.78, 5) is 38.4. The maximum Gasteiger partial charge on any atom is 0.334 e. The lowest BCUT2D eigenvalue weighted by molar-refractivity contribution is -0.292. The first-order valence-corrected chi connectivity index (χ1v) is 15.5. The third-order valence-corrected chi connectivity index (χ3v) is 11.9. The smallest absolute Gasteiger partial charge is 0.334 e. The summed E-state index contributed by atoms with van der Waals surface area (Å²) in [6, 6.07) is 0. The van der Waals surface area contributed by atoms with Crippen molar-refractivity contribution >= 4 is 17.9 Å². The van der Waals surface area contributed by atoms with E-state index in [1.54, 1.807) is 0 Å². The van der Waals surface area contributed by atoms with Gasteiger partial charge >= 0.3 is 17.9 Å². The molecule has 8 aliphatic rings. The van der Waals surface area contributed by atoms with Gasteiger partial charge in [0, 0.05) is 11.0 Å². The molecule has 14 atom stereocenters. The summed E-state index contributed by atoms with van der Waals surface area (Å²) in [6.45, 7) is 5.81. The number of hydrogen-bond acceptors (Lipinski definition) is 14. The maximum atomic E-state index is 13.4. The van der Waals surface area contributed by atoms with Gasteiger partial charge < -0.3 is 53.6 Å². The van der Waals surface area contributed by atoms with Crippen LogP contribution in [0.5, 0.6) is 0 Å². The third kappa shape index (κ3) is 3.40. The fraction of sp³-hybridized carbons (Fsp3) is 0.833. The molecule has 2 spiro atoms. The fourth-order valence-corrected chi connectivity index (χ4v) is 9.59. The zero-order valence-corrected chi connectivity index (χ0v) is 24.7. The van der Waals surface area contributed by atoms with Crippen molar-refractivity contribution < 1.29 is 68.0 Å². The van der Waals surface area contributed by atoms with Crippen LogP contribution in [0.3, 0.4) is 0 Å². The first-order chi connectivity index (χ1) is 20.9. The molecule has 6 fully saturated rings. The molecule has 242 valence electrons. The molecule has 0 amide bonds. The van der Waals surface area contributed by atoms with Crippen molar-refractivity contribution in [3.05, 3.63) is 11.1 Å². The summed E-state index contributed by atoms with van der Waals surface area (Å²) in [6.07, 6.45) is -8.33. The van der Waals surface area contributed by atoms with Crippen molar-refractivity contribution in [3.63, 3.8) is 0 Å². The van der Waals surface area contributed by atoms with Gasteiger partial charge in [0.15, 0.2) is 11.7 Å². The Kier molecular flexibility index (Phi) is 6.13. The van der Waals surface area contributed by atoms with Crippen molar-refractivity contribution in [1.29, 1.82) is 0 Å². The molecule has 0 radical (unpaired) electrons. The second-order valence-corrected chi connectivity index (χ2v) is 14.1. The molecule has 14 nitrogen and oxygen atoms in total. The van der Waals surface area contributed by atoms with Gasteiger partial charge in [-0.2, -0.15) is 0 Å². The van der Waals surface area contributed by atoms with E-state index < -0.39 is 84.0 Å². The Hall–Kier alpha value is -2.17. The summed E-state index contributed by atoms with van der Waals surface area (Å²) in [5.41, 5.74) is -1.09. The lowest BCUT2D eigenvalue weighted by atomic mass is 9.46. The predicted octanol–water partition coefficient (Wildman–Crippen LogP) is -1.22. The van der Waals surface area contributed by atoms with Crippen LogP contribution >= 0.6 is 0 Å². The van der Waals surface area contributed by atoms with E-state index in [0.717, 1.165) is 11.1 Å². The number of esters is 3. The minimum Gasteiger partial charge on any atom is -0.458 e. The van der Waals surface area contributed by atoms with Gasteiger partial charge in [0.25, 0.3) is 0 Å². The van der Waals surface area contributed by atoms with Gasteiger partial charge in [0.2, 0.25) is 6.29 Å². The lowest BCUT2D eigenvalue weighted by Gasteiger charge is -2.53. The molecule has 4 saturated heterocycles. The van der Waals surface area contributed by atoms with Crippen LogP contribution in [-0.2, 0) is 47.5 Å². The zero-order valence-electron chi connectivity index (χ0n) is 24.7. The van der Waals surface area contributed by atoms with Gasteiger partial charge in [0.1, 0.15) is 54.4 Å². The number of epoxide rings is 3. The van der Waals surface area contributed by atoms with Gasteiger partial charge in [-0.15, -0.1) is 0 Å². The number of rotatable bonds is 7. The van der Waals surface area contributed by atoms with E-state index in [4.69, 9.17) is 33.2 Å². The number of hydrogen-bond donors (Lipinski definition) is 4. The average Bonchev–Trinajstić information content (AvgIpc) is 3.90. The second-order valence-electron chi connectivity index (χ2n) is 14.1. The first kappa shape index (κ1) is 29.2. The van der Waals surface area contributed by atoms with Crippen LogP contribution in [0.4, 0.5) is 0 Å². The molecular formula is C30H38O14. The molecule has 4 N–H and O–H groups in total. The summed E-state index contributed by atoms with van der Waals surface area (Å²) in [5, 5.41) is 39.4. The van der Waals surface area contributed by atoms with E-state index in [-0.39, 0.29) is 49.1 Å². The Morgan fingerprint density at radius 3 is 2.43 bits per heavy atom. The molecule has 44 heavy (non-hydrogen) atoms. The SMILES string of the molecule is CC(C)[C@]12O[C@H]1[C@@H]1O[C@]13[C@]1(O[C@H]1C[C@H]1C4=C(CC[C@@]13C)C(=O)OC4)[C@@H]2OC(=O)CCC(=O)O[C@@H]1OC(CO)[C@H](O)[C@H](O)C1O. The number of ether oxygens (including phenoxy) is 7. The van der Waals surface area contributed by atoms with Crippen LogP contribution < -0.4 is 0 Å². The molecule has 8 rings (SSSR count). The Bertz CT molecular complexity index is 1340. The molecule has 0 bridgehead atoms. The van der Waals surface area contributed by atoms with Crippen molar-refractivity contribution in [3.8, 4) is 0 Å². The van der Waals surface area contributed by atoms with Gasteiger partial charge in [-0.1, -0.05) is 20.8 Å².